The van der Waals surface area contributed by atoms with Crippen molar-refractivity contribution in [3.63, 3.8) is 0 Å². The number of nitrogens with one attached hydrogen (secondary N) is 1. The van der Waals surface area contributed by atoms with Crippen LogP contribution in [0.25, 0.3) is 0 Å². The second kappa shape index (κ2) is 7.13. The van der Waals surface area contributed by atoms with E-state index in [9.17, 15) is 4.79 Å². The first-order chi connectivity index (χ1) is 7.00. The van der Waals surface area contributed by atoms with Crippen LogP contribution < -0.4 is 11.1 Å². The molecule has 0 heterocycles. The predicted octanol–water partition coefficient (Wildman–Crippen LogP) is 2.09. The van der Waals surface area contributed by atoms with E-state index in [-0.39, 0.29) is 24.2 Å². The fourth-order valence-corrected chi connectivity index (χ4v) is 1.90. The van der Waals surface area contributed by atoms with Crippen LogP contribution in [0, 0.1) is 11.8 Å². The van der Waals surface area contributed by atoms with Crippen molar-refractivity contribution >= 4 is 18.3 Å². The maximum Gasteiger partial charge on any atom is 0.223 e. The number of hydrogen-bond acceptors (Lipinski definition) is 2. The van der Waals surface area contributed by atoms with Gasteiger partial charge in [-0.1, -0.05) is 20.8 Å². The highest BCUT2D eigenvalue weighted by molar-refractivity contribution is 5.85. The lowest BCUT2D eigenvalue weighted by atomic mass is 9.90. The van der Waals surface area contributed by atoms with E-state index in [1.54, 1.807) is 0 Å². The highest BCUT2D eigenvalue weighted by Crippen LogP contribution is 2.18. The van der Waals surface area contributed by atoms with Crippen LogP contribution in [-0.2, 0) is 4.79 Å². The van der Waals surface area contributed by atoms with Crippen molar-refractivity contribution in [3.8, 4) is 0 Å². The molecule has 3 N–H and O–H groups in total. The number of halogens is 1. The van der Waals surface area contributed by atoms with Crippen LogP contribution in [0.5, 0.6) is 0 Å². The van der Waals surface area contributed by atoms with Gasteiger partial charge in [0.25, 0.3) is 0 Å². The fraction of sp³-hybridized carbons (Fsp3) is 0.917. The van der Waals surface area contributed by atoms with Gasteiger partial charge in [0.15, 0.2) is 0 Å². The number of rotatable bonds is 3. The van der Waals surface area contributed by atoms with Crippen LogP contribution in [0.15, 0.2) is 0 Å². The maximum atomic E-state index is 11.8. The molecule has 1 aliphatic carbocycles. The molecule has 0 saturated heterocycles. The highest BCUT2D eigenvalue weighted by Gasteiger charge is 2.23. The summed E-state index contributed by atoms with van der Waals surface area (Å²) in [5.74, 6) is 0.724. The van der Waals surface area contributed by atoms with Gasteiger partial charge in [0.1, 0.15) is 0 Å². The Morgan fingerprint density at radius 2 is 1.69 bits per heavy atom. The van der Waals surface area contributed by atoms with Gasteiger partial charge < -0.3 is 11.1 Å². The molecular formula is C12H25ClN2O. The topological polar surface area (TPSA) is 55.1 Å². The van der Waals surface area contributed by atoms with Gasteiger partial charge >= 0.3 is 0 Å². The first kappa shape index (κ1) is 15.7. The second-order valence-corrected chi connectivity index (χ2v) is 5.15. The van der Waals surface area contributed by atoms with E-state index in [1.165, 1.54) is 0 Å². The quantitative estimate of drug-likeness (QED) is 0.804. The van der Waals surface area contributed by atoms with Gasteiger partial charge in [0.2, 0.25) is 5.91 Å². The molecule has 1 unspecified atom stereocenters. The molecule has 1 atom stereocenters. The molecule has 0 aromatic carbocycles. The van der Waals surface area contributed by atoms with Gasteiger partial charge in [-0.2, -0.15) is 0 Å². The number of amides is 1. The second-order valence-electron chi connectivity index (χ2n) is 5.15. The smallest absolute Gasteiger partial charge is 0.223 e. The summed E-state index contributed by atoms with van der Waals surface area (Å²) in [5, 5.41) is 3.13. The molecule has 3 nitrogen and oxygen atoms in total. The molecule has 0 aromatic heterocycles. The Kier molecular flexibility index (Phi) is 7.00. The minimum Gasteiger partial charge on any atom is -0.353 e. The van der Waals surface area contributed by atoms with Crippen LogP contribution in [0.3, 0.4) is 0 Å². The number of carbonyl (C=O) groups excluding carboxylic acids is 1. The Labute approximate surface area is 105 Å². The standard InChI is InChI=1S/C12H24N2O.ClH/c1-8(2)9(3)12(15)14-11-6-4-10(13)5-7-11;/h8-11H,4-7,13H2,1-3H3,(H,14,15);1H. The molecule has 4 heteroatoms. The van der Waals surface area contributed by atoms with Crippen molar-refractivity contribution in [2.75, 3.05) is 0 Å². The van der Waals surface area contributed by atoms with Crippen molar-refractivity contribution in [3.05, 3.63) is 0 Å². The van der Waals surface area contributed by atoms with E-state index >= 15 is 0 Å². The Morgan fingerprint density at radius 1 is 1.19 bits per heavy atom. The molecule has 1 aliphatic rings. The first-order valence-electron chi connectivity index (χ1n) is 6.06. The molecule has 0 bridgehead atoms. The van der Waals surface area contributed by atoms with Crippen molar-refractivity contribution in [2.45, 2.75) is 58.5 Å². The van der Waals surface area contributed by atoms with E-state index in [0.29, 0.717) is 18.0 Å². The van der Waals surface area contributed by atoms with Crippen LogP contribution >= 0.6 is 12.4 Å². The maximum absolute atomic E-state index is 11.8. The van der Waals surface area contributed by atoms with Crippen molar-refractivity contribution in [1.82, 2.24) is 5.32 Å². The van der Waals surface area contributed by atoms with Crippen molar-refractivity contribution in [1.29, 1.82) is 0 Å². The Morgan fingerprint density at radius 3 is 2.12 bits per heavy atom. The summed E-state index contributed by atoms with van der Waals surface area (Å²) in [6.07, 6.45) is 4.16. The number of carbonyl (C=O) groups is 1. The largest absolute Gasteiger partial charge is 0.353 e. The van der Waals surface area contributed by atoms with E-state index in [0.717, 1.165) is 25.7 Å². The van der Waals surface area contributed by atoms with Crippen molar-refractivity contribution < 1.29 is 4.79 Å². The van der Waals surface area contributed by atoms with Crippen LogP contribution in [0.2, 0.25) is 0 Å². The molecule has 16 heavy (non-hydrogen) atoms. The first-order valence-corrected chi connectivity index (χ1v) is 6.06. The molecule has 1 saturated carbocycles. The molecule has 0 aromatic rings. The van der Waals surface area contributed by atoms with Crippen LogP contribution in [-0.4, -0.2) is 18.0 Å². The zero-order valence-electron chi connectivity index (χ0n) is 10.5. The van der Waals surface area contributed by atoms with Gasteiger partial charge in [0.05, 0.1) is 0 Å². The molecule has 1 fully saturated rings. The van der Waals surface area contributed by atoms with E-state index in [2.05, 4.69) is 19.2 Å². The lowest BCUT2D eigenvalue weighted by molar-refractivity contribution is -0.126. The zero-order chi connectivity index (χ0) is 11.4. The minimum atomic E-state index is 0. The van der Waals surface area contributed by atoms with Gasteiger partial charge in [-0.05, 0) is 31.6 Å². The van der Waals surface area contributed by atoms with E-state index in [1.807, 2.05) is 6.92 Å². The summed E-state index contributed by atoms with van der Waals surface area (Å²) >= 11 is 0. The van der Waals surface area contributed by atoms with Gasteiger partial charge in [-0.3, -0.25) is 4.79 Å². The zero-order valence-corrected chi connectivity index (χ0v) is 11.3. The summed E-state index contributed by atoms with van der Waals surface area (Å²) in [4.78, 5) is 11.8. The molecule has 0 spiro atoms. The Bertz CT molecular complexity index is 213. The average molecular weight is 249 g/mol. The summed E-state index contributed by atoms with van der Waals surface area (Å²) in [7, 11) is 0. The highest BCUT2D eigenvalue weighted by atomic mass is 35.5. The van der Waals surface area contributed by atoms with Crippen LogP contribution in [0.1, 0.15) is 46.5 Å². The Hall–Kier alpha value is -0.280. The Balaban J connectivity index is 0.00000225. The normalized spacial score (nSPS) is 27.1. The molecule has 1 amide bonds. The lowest BCUT2D eigenvalue weighted by Crippen LogP contribution is -2.43. The SMILES string of the molecule is CC(C)C(C)C(=O)NC1CCC(N)CC1.Cl. The van der Waals surface area contributed by atoms with Gasteiger partial charge in [-0.25, -0.2) is 0 Å². The summed E-state index contributed by atoms with van der Waals surface area (Å²) in [6.45, 7) is 6.16. The van der Waals surface area contributed by atoms with Crippen LogP contribution in [0.4, 0.5) is 0 Å². The third-order valence-corrected chi connectivity index (χ3v) is 3.53. The molecule has 96 valence electrons. The summed E-state index contributed by atoms with van der Waals surface area (Å²) < 4.78 is 0. The predicted molar refractivity (Wildman–Crippen MR) is 69.6 cm³/mol. The molecule has 0 radical (unpaired) electrons. The third-order valence-electron chi connectivity index (χ3n) is 3.53. The van der Waals surface area contributed by atoms with Gasteiger partial charge in [-0.15, -0.1) is 12.4 Å². The number of nitrogens with two attached hydrogens (primary N) is 1. The minimum absolute atomic E-state index is 0. The summed E-state index contributed by atoms with van der Waals surface area (Å²) in [6, 6.07) is 0.708. The monoisotopic (exact) mass is 248 g/mol. The van der Waals surface area contributed by atoms with E-state index < -0.39 is 0 Å². The molecule has 0 aliphatic heterocycles. The van der Waals surface area contributed by atoms with Crippen molar-refractivity contribution in [2.24, 2.45) is 17.6 Å². The molecular weight excluding hydrogens is 224 g/mol. The third kappa shape index (κ3) is 4.71. The fourth-order valence-electron chi connectivity index (χ4n) is 1.90. The van der Waals surface area contributed by atoms with Gasteiger partial charge in [0, 0.05) is 18.0 Å². The summed E-state index contributed by atoms with van der Waals surface area (Å²) in [5.41, 5.74) is 5.82. The lowest BCUT2D eigenvalue weighted by Gasteiger charge is -2.28. The number of hydrogen-bond donors (Lipinski definition) is 2. The van der Waals surface area contributed by atoms with E-state index in [4.69, 9.17) is 5.73 Å². The molecule has 1 rings (SSSR count). The average Bonchev–Trinajstić information content (AvgIpc) is 2.20.